The predicted molar refractivity (Wildman–Crippen MR) is 56.9 cm³/mol. The van der Waals surface area contributed by atoms with E-state index >= 15 is 0 Å². The average molecular weight is 223 g/mol. The molecule has 2 heterocycles. The largest absolute Gasteiger partial charge is 0.501 e. The molecule has 1 aromatic heterocycles. The fourth-order valence-corrected chi connectivity index (χ4v) is 1.95. The van der Waals surface area contributed by atoms with Crippen molar-refractivity contribution in [3.63, 3.8) is 0 Å². The van der Waals surface area contributed by atoms with Gasteiger partial charge in [-0.15, -0.1) is 0 Å². The van der Waals surface area contributed by atoms with Gasteiger partial charge in [0.25, 0.3) is 0 Å². The fraction of sp³-hybridized carbons (Fsp3) is 0.500. The van der Waals surface area contributed by atoms with Gasteiger partial charge in [0, 0.05) is 13.0 Å². The van der Waals surface area contributed by atoms with Crippen molar-refractivity contribution in [3.8, 4) is 0 Å². The van der Waals surface area contributed by atoms with Gasteiger partial charge in [-0.25, -0.2) is 0 Å². The molecule has 16 heavy (non-hydrogen) atoms. The van der Waals surface area contributed by atoms with Crippen molar-refractivity contribution >= 4 is 5.69 Å². The topological polar surface area (TPSA) is 70.2 Å². The van der Waals surface area contributed by atoms with Crippen LogP contribution in [0.1, 0.15) is 24.5 Å². The third kappa shape index (κ3) is 1.91. The molecular weight excluding hydrogens is 210 g/mol. The molecule has 0 N–H and O–H groups in total. The van der Waals surface area contributed by atoms with E-state index in [4.69, 9.17) is 4.74 Å². The second kappa shape index (κ2) is 4.34. The summed E-state index contributed by atoms with van der Waals surface area (Å²) in [5, 5.41) is 14.8. The molecule has 1 aromatic rings. The molecule has 0 fully saturated rings. The molecule has 0 bridgehead atoms. The third-order valence-corrected chi connectivity index (χ3v) is 2.72. The quantitative estimate of drug-likeness (QED) is 0.565. The molecule has 6 nitrogen and oxygen atoms in total. The van der Waals surface area contributed by atoms with Crippen molar-refractivity contribution in [3.05, 3.63) is 34.3 Å². The Bertz CT molecular complexity index is 415. The molecule has 0 saturated carbocycles. The van der Waals surface area contributed by atoms with E-state index in [1.54, 1.807) is 18.0 Å². The number of aromatic nitrogens is 2. The maximum absolute atomic E-state index is 10.9. The van der Waals surface area contributed by atoms with Crippen LogP contribution in [0.5, 0.6) is 0 Å². The number of aryl methyl sites for hydroxylation is 1. The summed E-state index contributed by atoms with van der Waals surface area (Å²) in [5.41, 5.74) is 0.728. The van der Waals surface area contributed by atoms with Crippen molar-refractivity contribution in [2.24, 2.45) is 7.05 Å². The van der Waals surface area contributed by atoms with Gasteiger partial charge in [0.15, 0.2) is 0 Å². The molecule has 0 radical (unpaired) electrons. The van der Waals surface area contributed by atoms with Crippen molar-refractivity contribution in [2.75, 3.05) is 6.61 Å². The highest BCUT2D eigenvalue weighted by Gasteiger charge is 2.27. The van der Waals surface area contributed by atoms with Crippen molar-refractivity contribution in [1.29, 1.82) is 0 Å². The van der Waals surface area contributed by atoms with E-state index in [1.807, 2.05) is 6.08 Å². The molecule has 0 aliphatic carbocycles. The maximum Gasteiger partial charge on any atom is 0.310 e. The molecule has 1 aliphatic rings. The third-order valence-electron chi connectivity index (χ3n) is 2.72. The lowest BCUT2D eigenvalue weighted by molar-refractivity contribution is -0.385. The summed E-state index contributed by atoms with van der Waals surface area (Å²) in [5.74, 6) is 0.0305. The van der Waals surface area contributed by atoms with Gasteiger partial charge in [0.05, 0.1) is 17.8 Å². The Kier molecular flexibility index (Phi) is 2.89. The number of allylic oxidation sites excluding steroid dienone is 1. The van der Waals surface area contributed by atoms with Crippen LogP contribution in [0.25, 0.3) is 0 Å². The molecule has 1 atom stereocenters. The Labute approximate surface area is 92.7 Å². The van der Waals surface area contributed by atoms with E-state index in [9.17, 15) is 10.1 Å². The molecule has 86 valence electrons. The van der Waals surface area contributed by atoms with Crippen LogP contribution in [-0.4, -0.2) is 21.3 Å². The number of rotatable bonds is 2. The van der Waals surface area contributed by atoms with Crippen LogP contribution in [0.2, 0.25) is 0 Å². The fourth-order valence-electron chi connectivity index (χ4n) is 1.95. The summed E-state index contributed by atoms with van der Waals surface area (Å²) in [6, 6.07) is 0. The first-order valence-corrected chi connectivity index (χ1v) is 5.13. The van der Waals surface area contributed by atoms with Crippen molar-refractivity contribution < 1.29 is 9.66 Å². The highest BCUT2D eigenvalue weighted by Crippen LogP contribution is 2.30. The summed E-state index contributed by atoms with van der Waals surface area (Å²) in [6.07, 6.45) is 6.60. The van der Waals surface area contributed by atoms with E-state index in [1.165, 1.54) is 6.20 Å². The van der Waals surface area contributed by atoms with Crippen LogP contribution < -0.4 is 0 Å². The summed E-state index contributed by atoms with van der Waals surface area (Å²) >= 11 is 0. The molecule has 0 amide bonds. The predicted octanol–water partition coefficient (Wildman–Crippen LogP) is 1.74. The van der Waals surface area contributed by atoms with E-state index < -0.39 is 0 Å². The van der Waals surface area contributed by atoms with Gasteiger partial charge >= 0.3 is 5.69 Å². The number of nitrogens with zero attached hydrogens (tertiary/aromatic N) is 3. The SMILES string of the molecule is Cn1ncc([N+](=O)[O-])c1[C@H]1CCC=COC1. The van der Waals surface area contributed by atoms with E-state index in [0.717, 1.165) is 12.8 Å². The second-order valence-corrected chi connectivity index (χ2v) is 3.78. The minimum absolute atomic E-state index is 0.0305. The second-order valence-electron chi connectivity index (χ2n) is 3.78. The molecule has 0 saturated heterocycles. The number of ether oxygens (including phenoxy) is 1. The minimum Gasteiger partial charge on any atom is -0.501 e. The molecule has 1 aliphatic heterocycles. The Hall–Kier alpha value is -1.85. The van der Waals surface area contributed by atoms with Crippen LogP contribution in [0.15, 0.2) is 18.5 Å². The Morgan fingerprint density at radius 1 is 1.69 bits per heavy atom. The molecule has 6 heteroatoms. The molecular formula is C10H13N3O3. The Morgan fingerprint density at radius 2 is 2.50 bits per heavy atom. The standard InChI is InChI=1S/C10H13N3O3/c1-12-10(9(6-11-12)13(14)15)8-4-2-3-5-16-7-8/h3,5-6,8H,2,4,7H2,1H3/t8-/m0/s1. The van der Waals surface area contributed by atoms with Crippen LogP contribution in [0, 0.1) is 10.1 Å². The molecule has 0 aromatic carbocycles. The Balaban J connectivity index is 2.31. The highest BCUT2D eigenvalue weighted by atomic mass is 16.6. The number of hydrogen-bond donors (Lipinski definition) is 0. The van der Waals surface area contributed by atoms with Gasteiger partial charge in [-0.1, -0.05) is 0 Å². The van der Waals surface area contributed by atoms with E-state index in [2.05, 4.69) is 5.10 Å². The summed E-state index contributed by atoms with van der Waals surface area (Å²) < 4.78 is 6.84. The molecule has 0 unspecified atom stereocenters. The average Bonchev–Trinajstić information content (AvgIpc) is 2.50. The van der Waals surface area contributed by atoms with E-state index in [-0.39, 0.29) is 16.5 Å². The Morgan fingerprint density at radius 3 is 3.25 bits per heavy atom. The number of hydrogen-bond acceptors (Lipinski definition) is 4. The molecule has 0 spiro atoms. The monoisotopic (exact) mass is 223 g/mol. The first-order valence-electron chi connectivity index (χ1n) is 5.13. The zero-order valence-corrected chi connectivity index (χ0v) is 9.00. The lowest BCUT2D eigenvalue weighted by atomic mass is 10.00. The van der Waals surface area contributed by atoms with Crippen molar-refractivity contribution in [1.82, 2.24) is 9.78 Å². The van der Waals surface area contributed by atoms with Crippen LogP contribution in [0.3, 0.4) is 0 Å². The highest BCUT2D eigenvalue weighted by molar-refractivity contribution is 5.36. The minimum atomic E-state index is -0.388. The lowest BCUT2D eigenvalue weighted by Gasteiger charge is -2.13. The lowest BCUT2D eigenvalue weighted by Crippen LogP contribution is -2.11. The van der Waals surface area contributed by atoms with Gasteiger partial charge < -0.3 is 4.74 Å². The van der Waals surface area contributed by atoms with Crippen LogP contribution >= 0.6 is 0 Å². The first-order chi connectivity index (χ1) is 7.70. The number of nitro groups is 1. The zero-order valence-electron chi connectivity index (χ0n) is 9.00. The van der Waals surface area contributed by atoms with Crippen molar-refractivity contribution in [2.45, 2.75) is 18.8 Å². The van der Waals surface area contributed by atoms with Gasteiger partial charge in [-0.3, -0.25) is 14.8 Å². The molecule has 2 rings (SSSR count). The van der Waals surface area contributed by atoms with E-state index in [0.29, 0.717) is 12.3 Å². The first kappa shape index (κ1) is 10.7. The zero-order chi connectivity index (χ0) is 11.5. The van der Waals surface area contributed by atoms with Gasteiger partial charge in [0.2, 0.25) is 0 Å². The van der Waals surface area contributed by atoms with Crippen LogP contribution in [-0.2, 0) is 11.8 Å². The maximum atomic E-state index is 10.9. The van der Waals surface area contributed by atoms with Gasteiger partial charge in [-0.2, -0.15) is 5.10 Å². The summed E-state index contributed by atoms with van der Waals surface area (Å²) in [7, 11) is 1.72. The smallest absolute Gasteiger partial charge is 0.310 e. The summed E-state index contributed by atoms with van der Waals surface area (Å²) in [4.78, 5) is 10.5. The normalized spacial score (nSPS) is 20.2. The van der Waals surface area contributed by atoms with Gasteiger partial charge in [0.1, 0.15) is 11.9 Å². The van der Waals surface area contributed by atoms with Crippen LogP contribution in [0.4, 0.5) is 5.69 Å². The van der Waals surface area contributed by atoms with Gasteiger partial charge in [-0.05, 0) is 18.9 Å². The summed E-state index contributed by atoms with van der Waals surface area (Å²) in [6.45, 7) is 0.469.